The summed E-state index contributed by atoms with van der Waals surface area (Å²) in [4.78, 5) is 24.1. The molecule has 10 heteroatoms. The molecule has 7 nitrogen and oxygen atoms in total. The van der Waals surface area contributed by atoms with Crippen molar-refractivity contribution in [3.05, 3.63) is 62.6 Å². The number of allylic oxidation sites excluding steroid dienone is 3. The number of ether oxygens (including phenoxy) is 2. The van der Waals surface area contributed by atoms with Crippen LogP contribution in [0, 0.1) is 10.1 Å². The first-order valence-corrected chi connectivity index (χ1v) is 10.4. The van der Waals surface area contributed by atoms with Crippen LogP contribution < -0.4 is 10.1 Å². The van der Waals surface area contributed by atoms with E-state index in [4.69, 9.17) is 4.74 Å². The summed E-state index contributed by atoms with van der Waals surface area (Å²) in [5.74, 6) is -2.82. The van der Waals surface area contributed by atoms with E-state index in [0.29, 0.717) is 6.42 Å². The maximum absolute atomic E-state index is 13.0. The lowest BCUT2D eigenvalue weighted by atomic mass is 9.83. The largest absolute Gasteiger partial charge is 0.573 e. The Hall–Kier alpha value is -3.04. The van der Waals surface area contributed by atoms with E-state index in [2.05, 4.69) is 17.0 Å². The highest BCUT2D eigenvalue weighted by Crippen LogP contribution is 2.43. The predicted molar refractivity (Wildman–Crippen MR) is 111 cm³/mol. The molecular formula is C22H27F3N2O5. The van der Waals surface area contributed by atoms with Gasteiger partial charge < -0.3 is 14.8 Å². The van der Waals surface area contributed by atoms with Crippen LogP contribution in [0.2, 0.25) is 0 Å². The zero-order valence-electron chi connectivity index (χ0n) is 18.3. The Bertz CT molecular complexity index is 909. The third kappa shape index (κ3) is 6.48. The van der Waals surface area contributed by atoms with Gasteiger partial charge in [-0.3, -0.25) is 10.1 Å². The van der Waals surface area contributed by atoms with E-state index >= 15 is 0 Å². The maximum atomic E-state index is 13.0. The molecule has 176 valence electrons. The molecule has 2 rings (SSSR count). The van der Waals surface area contributed by atoms with Crippen LogP contribution in [0.4, 0.5) is 13.2 Å². The fourth-order valence-electron chi connectivity index (χ4n) is 3.68. The number of esters is 1. The smallest absolute Gasteiger partial charge is 0.462 e. The van der Waals surface area contributed by atoms with Gasteiger partial charge >= 0.3 is 12.3 Å². The number of halogens is 3. The second-order valence-corrected chi connectivity index (χ2v) is 7.50. The minimum Gasteiger partial charge on any atom is -0.462 e. The first-order valence-electron chi connectivity index (χ1n) is 10.4. The van der Waals surface area contributed by atoms with Gasteiger partial charge in [0.05, 0.1) is 22.8 Å². The lowest BCUT2D eigenvalue weighted by Crippen LogP contribution is -2.32. The van der Waals surface area contributed by atoms with Crippen LogP contribution in [0.1, 0.15) is 64.4 Å². The number of nitrogens with zero attached hydrogens (tertiary/aromatic N) is 1. The molecule has 0 fully saturated rings. The van der Waals surface area contributed by atoms with E-state index in [9.17, 15) is 28.1 Å². The third-order valence-corrected chi connectivity index (χ3v) is 5.08. The third-order valence-electron chi connectivity index (χ3n) is 5.08. The monoisotopic (exact) mass is 456 g/mol. The van der Waals surface area contributed by atoms with E-state index in [1.165, 1.54) is 32.0 Å². The normalized spacial score (nSPS) is 16.6. The summed E-state index contributed by atoms with van der Waals surface area (Å²) < 4.78 is 48.3. The van der Waals surface area contributed by atoms with Crippen LogP contribution in [0.25, 0.3) is 0 Å². The fraction of sp³-hybridized carbons (Fsp3) is 0.500. The number of dihydropyridines is 1. The molecule has 0 amide bonds. The summed E-state index contributed by atoms with van der Waals surface area (Å²) in [6.07, 6.45) is -0.391. The van der Waals surface area contributed by atoms with Crippen molar-refractivity contribution in [2.75, 3.05) is 6.61 Å². The van der Waals surface area contributed by atoms with Crippen molar-refractivity contribution in [3.8, 4) is 5.75 Å². The fourth-order valence-corrected chi connectivity index (χ4v) is 3.68. The summed E-state index contributed by atoms with van der Waals surface area (Å²) in [5.41, 5.74) is -0.309. The van der Waals surface area contributed by atoms with Crippen LogP contribution in [0.15, 0.2) is 46.9 Å². The molecule has 0 spiro atoms. The topological polar surface area (TPSA) is 90.7 Å². The van der Waals surface area contributed by atoms with E-state index < -0.39 is 34.6 Å². The molecule has 1 N–H and O–H groups in total. The van der Waals surface area contributed by atoms with Crippen LogP contribution in [0.3, 0.4) is 0 Å². The number of alkyl halides is 3. The summed E-state index contributed by atoms with van der Waals surface area (Å²) >= 11 is 0. The molecule has 0 bridgehead atoms. The van der Waals surface area contributed by atoms with Gasteiger partial charge in [0.15, 0.2) is 0 Å². The van der Waals surface area contributed by atoms with Gasteiger partial charge in [-0.05, 0) is 26.3 Å². The highest BCUT2D eigenvalue weighted by atomic mass is 19.4. The van der Waals surface area contributed by atoms with Crippen LogP contribution in [0.5, 0.6) is 5.75 Å². The Morgan fingerprint density at radius 2 is 1.78 bits per heavy atom. The molecule has 1 unspecified atom stereocenters. The standard InChI is InChI=1S/C22H27F3N2O5/c1-4-5-6-7-10-13-31-21(28)18-14(2)26-15(3)20(27(29)30)19(18)16-11-8-9-12-17(16)32-22(23,24)25/h8-9,11-12,19,26H,4-7,10,13H2,1-3H3. The lowest BCUT2D eigenvalue weighted by Gasteiger charge is -2.27. The van der Waals surface area contributed by atoms with Gasteiger partial charge in [0.1, 0.15) is 11.7 Å². The Kier molecular flexibility index (Phi) is 8.68. The van der Waals surface area contributed by atoms with E-state index in [-0.39, 0.29) is 29.1 Å². The van der Waals surface area contributed by atoms with Crippen molar-refractivity contribution in [1.29, 1.82) is 0 Å². The quantitative estimate of drug-likeness (QED) is 0.214. The van der Waals surface area contributed by atoms with Gasteiger partial charge in [0.2, 0.25) is 0 Å². The number of nitrogens with one attached hydrogen (secondary N) is 1. The molecule has 0 saturated carbocycles. The van der Waals surface area contributed by atoms with E-state index in [0.717, 1.165) is 31.7 Å². The minimum atomic E-state index is -5.01. The summed E-state index contributed by atoms with van der Waals surface area (Å²) in [6, 6.07) is 5.08. The number of carbonyl (C=O) groups is 1. The Balaban J connectivity index is 2.42. The van der Waals surface area contributed by atoms with Crippen molar-refractivity contribution in [1.82, 2.24) is 5.32 Å². The van der Waals surface area contributed by atoms with Gasteiger partial charge in [0, 0.05) is 11.3 Å². The molecule has 0 aliphatic carbocycles. The Labute approximate surface area is 184 Å². The van der Waals surface area contributed by atoms with E-state index in [1.807, 2.05) is 0 Å². The van der Waals surface area contributed by atoms with Gasteiger partial charge in [0.25, 0.3) is 5.70 Å². The Morgan fingerprint density at radius 3 is 2.41 bits per heavy atom. The molecule has 32 heavy (non-hydrogen) atoms. The number of hydrogen-bond donors (Lipinski definition) is 1. The van der Waals surface area contributed by atoms with Gasteiger partial charge in [-0.25, -0.2) is 4.79 Å². The highest BCUT2D eigenvalue weighted by Gasteiger charge is 2.43. The predicted octanol–water partition coefficient (Wildman–Crippen LogP) is 5.57. The number of unbranched alkanes of at least 4 members (excludes halogenated alkanes) is 4. The van der Waals surface area contributed by atoms with Gasteiger partial charge in [-0.15, -0.1) is 13.2 Å². The van der Waals surface area contributed by atoms with Crippen molar-refractivity contribution < 1.29 is 32.4 Å². The second-order valence-electron chi connectivity index (χ2n) is 7.50. The van der Waals surface area contributed by atoms with Gasteiger partial charge in [-0.2, -0.15) is 0 Å². The Morgan fingerprint density at radius 1 is 1.12 bits per heavy atom. The van der Waals surface area contributed by atoms with Crippen molar-refractivity contribution in [3.63, 3.8) is 0 Å². The highest BCUT2D eigenvalue weighted by molar-refractivity contribution is 5.92. The number of nitro groups is 1. The molecule has 1 heterocycles. The molecule has 0 aromatic heterocycles. The number of rotatable bonds is 10. The molecular weight excluding hydrogens is 429 g/mol. The molecule has 0 saturated heterocycles. The lowest BCUT2D eigenvalue weighted by molar-refractivity contribution is -0.431. The SMILES string of the molecule is CCCCCCCOC(=O)C1=C(C)NC(C)=C([N+](=O)[O-])C1c1ccccc1OC(F)(F)F. The zero-order valence-corrected chi connectivity index (χ0v) is 18.3. The summed E-state index contributed by atoms with van der Waals surface area (Å²) in [5, 5.41) is 14.6. The second kappa shape index (κ2) is 11.0. The molecule has 1 atom stereocenters. The molecule has 0 radical (unpaired) electrons. The average Bonchev–Trinajstić information content (AvgIpc) is 2.68. The summed E-state index contributed by atoms with van der Waals surface area (Å²) in [6.45, 7) is 5.15. The average molecular weight is 456 g/mol. The van der Waals surface area contributed by atoms with Crippen LogP contribution in [-0.4, -0.2) is 23.9 Å². The number of hydrogen-bond acceptors (Lipinski definition) is 6. The molecule has 1 aliphatic heterocycles. The molecule has 1 aliphatic rings. The maximum Gasteiger partial charge on any atom is 0.573 e. The van der Waals surface area contributed by atoms with Gasteiger partial charge in [-0.1, -0.05) is 50.8 Å². The molecule has 1 aromatic carbocycles. The first-order chi connectivity index (χ1) is 15.1. The first kappa shape index (κ1) is 25.2. The van der Waals surface area contributed by atoms with Crippen molar-refractivity contribution >= 4 is 5.97 Å². The van der Waals surface area contributed by atoms with Crippen LogP contribution >= 0.6 is 0 Å². The van der Waals surface area contributed by atoms with Crippen LogP contribution in [-0.2, 0) is 9.53 Å². The zero-order chi connectivity index (χ0) is 23.9. The number of para-hydroxylation sites is 1. The van der Waals surface area contributed by atoms with E-state index in [1.54, 1.807) is 0 Å². The summed E-state index contributed by atoms with van der Waals surface area (Å²) in [7, 11) is 0. The van der Waals surface area contributed by atoms with Crippen molar-refractivity contribution in [2.24, 2.45) is 0 Å². The number of carbonyl (C=O) groups excluding carboxylic acids is 1. The van der Waals surface area contributed by atoms with Crippen molar-refractivity contribution in [2.45, 2.75) is 65.2 Å². The molecule has 1 aromatic rings. The minimum absolute atomic E-state index is 0.114. The number of benzene rings is 1.